The van der Waals surface area contributed by atoms with Crippen LogP contribution in [0.25, 0.3) is 0 Å². The maximum absolute atomic E-state index is 5.82. The molecule has 0 saturated heterocycles. The molecule has 0 saturated carbocycles. The van der Waals surface area contributed by atoms with Crippen molar-refractivity contribution in [3.05, 3.63) is 41.1 Å². The molecule has 21 heavy (non-hydrogen) atoms. The summed E-state index contributed by atoms with van der Waals surface area (Å²) in [6, 6.07) is 6.15. The molecule has 1 aromatic heterocycles. The van der Waals surface area contributed by atoms with Crippen LogP contribution in [0.4, 0.5) is 0 Å². The van der Waals surface area contributed by atoms with Gasteiger partial charge in [0.15, 0.2) is 6.61 Å². The number of nitrogens with one attached hydrogen (secondary N) is 1. The normalized spacial score (nSPS) is 11.7. The molecule has 0 unspecified atom stereocenters. The van der Waals surface area contributed by atoms with Crippen molar-refractivity contribution in [1.29, 1.82) is 0 Å². The predicted octanol–water partition coefficient (Wildman–Crippen LogP) is 3.15. The predicted molar refractivity (Wildman–Crippen MR) is 81.1 cm³/mol. The third-order valence-corrected chi connectivity index (χ3v) is 2.94. The van der Waals surface area contributed by atoms with Crippen LogP contribution in [0.3, 0.4) is 0 Å². The number of rotatable bonds is 5. The zero-order chi connectivity index (χ0) is 15.5. The first-order chi connectivity index (χ1) is 9.83. The van der Waals surface area contributed by atoms with E-state index in [-0.39, 0.29) is 12.1 Å². The van der Waals surface area contributed by atoms with Gasteiger partial charge in [0.2, 0.25) is 5.89 Å². The standard InChI is InChI=1S/C16H23N3O2/c1-11-6-7-14(13(8-11)9-17-16(3,4)5)20-10-15-19-18-12(2)21-15/h6-8,17H,9-10H2,1-5H3. The minimum atomic E-state index is 0.0601. The Morgan fingerprint density at radius 1 is 1.19 bits per heavy atom. The highest BCUT2D eigenvalue weighted by molar-refractivity contribution is 5.37. The van der Waals surface area contributed by atoms with Crippen LogP contribution in [0.1, 0.15) is 43.7 Å². The molecular weight excluding hydrogens is 266 g/mol. The van der Waals surface area contributed by atoms with Gasteiger partial charge in [-0.25, -0.2) is 0 Å². The molecule has 0 fully saturated rings. The highest BCUT2D eigenvalue weighted by Crippen LogP contribution is 2.22. The largest absolute Gasteiger partial charge is 0.483 e. The third kappa shape index (κ3) is 4.86. The Balaban J connectivity index is 2.07. The van der Waals surface area contributed by atoms with Gasteiger partial charge in [-0.3, -0.25) is 0 Å². The minimum absolute atomic E-state index is 0.0601. The van der Waals surface area contributed by atoms with Gasteiger partial charge in [0, 0.05) is 24.6 Å². The van der Waals surface area contributed by atoms with E-state index in [9.17, 15) is 0 Å². The molecule has 0 aliphatic rings. The summed E-state index contributed by atoms with van der Waals surface area (Å²) < 4.78 is 11.1. The lowest BCUT2D eigenvalue weighted by Gasteiger charge is -2.21. The Morgan fingerprint density at radius 2 is 1.95 bits per heavy atom. The molecule has 5 heteroatoms. The van der Waals surface area contributed by atoms with Crippen LogP contribution >= 0.6 is 0 Å². The van der Waals surface area contributed by atoms with Gasteiger partial charge in [0.25, 0.3) is 5.89 Å². The van der Waals surface area contributed by atoms with Gasteiger partial charge in [0.05, 0.1) is 0 Å². The Labute approximate surface area is 125 Å². The van der Waals surface area contributed by atoms with E-state index in [0.717, 1.165) is 17.9 Å². The molecule has 0 atom stereocenters. The smallest absolute Gasteiger partial charge is 0.253 e. The lowest BCUT2D eigenvalue weighted by atomic mass is 10.1. The summed E-state index contributed by atoms with van der Waals surface area (Å²) in [7, 11) is 0. The van der Waals surface area contributed by atoms with E-state index in [1.807, 2.05) is 12.1 Å². The fourth-order valence-corrected chi connectivity index (χ4v) is 1.88. The first kappa shape index (κ1) is 15.5. The van der Waals surface area contributed by atoms with Crippen molar-refractivity contribution in [2.45, 2.75) is 53.3 Å². The molecule has 0 radical (unpaired) electrons. The van der Waals surface area contributed by atoms with Gasteiger partial charge < -0.3 is 14.5 Å². The van der Waals surface area contributed by atoms with Crippen molar-refractivity contribution >= 4 is 0 Å². The Kier molecular flexibility index (Phi) is 4.63. The molecule has 0 aliphatic carbocycles. The lowest BCUT2D eigenvalue weighted by molar-refractivity contribution is 0.256. The van der Waals surface area contributed by atoms with Crippen LogP contribution < -0.4 is 10.1 Å². The first-order valence-electron chi connectivity index (χ1n) is 7.10. The van der Waals surface area contributed by atoms with E-state index >= 15 is 0 Å². The molecule has 0 bridgehead atoms. The first-order valence-corrected chi connectivity index (χ1v) is 7.10. The molecule has 0 aliphatic heterocycles. The van der Waals surface area contributed by atoms with Crippen molar-refractivity contribution in [3.63, 3.8) is 0 Å². The Bertz CT molecular complexity index is 600. The molecule has 114 valence electrons. The second-order valence-electron chi connectivity index (χ2n) is 6.22. The monoisotopic (exact) mass is 289 g/mol. The average molecular weight is 289 g/mol. The van der Waals surface area contributed by atoms with Crippen molar-refractivity contribution in [2.24, 2.45) is 0 Å². The van der Waals surface area contributed by atoms with Crippen LogP contribution in [0.15, 0.2) is 22.6 Å². The van der Waals surface area contributed by atoms with Gasteiger partial charge >= 0.3 is 0 Å². The third-order valence-electron chi connectivity index (χ3n) is 2.94. The van der Waals surface area contributed by atoms with E-state index in [4.69, 9.17) is 9.15 Å². The number of hydrogen-bond acceptors (Lipinski definition) is 5. The number of ether oxygens (including phenoxy) is 1. The highest BCUT2D eigenvalue weighted by Gasteiger charge is 2.12. The zero-order valence-corrected chi connectivity index (χ0v) is 13.4. The molecule has 0 spiro atoms. The number of aromatic nitrogens is 2. The van der Waals surface area contributed by atoms with Crippen LogP contribution in [0.5, 0.6) is 5.75 Å². The number of benzene rings is 1. The topological polar surface area (TPSA) is 60.2 Å². The summed E-state index contributed by atoms with van der Waals surface area (Å²) in [5.74, 6) is 1.88. The maximum Gasteiger partial charge on any atom is 0.253 e. The van der Waals surface area contributed by atoms with E-state index in [0.29, 0.717) is 11.8 Å². The van der Waals surface area contributed by atoms with Crippen LogP contribution in [0, 0.1) is 13.8 Å². The molecule has 2 aromatic rings. The summed E-state index contributed by atoms with van der Waals surface area (Å²) in [5, 5.41) is 11.2. The lowest BCUT2D eigenvalue weighted by Crippen LogP contribution is -2.35. The second kappa shape index (κ2) is 6.26. The number of hydrogen-bond donors (Lipinski definition) is 1. The quantitative estimate of drug-likeness (QED) is 0.916. The molecule has 0 amide bonds. The van der Waals surface area contributed by atoms with Crippen LogP contribution in [-0.2, 0) is 13.2 Å². The molecular formula is C16H23N3O2. The fourth-order valence-electron chi connectivity index (χ4n) is 1.88. The minimum Gasteiger partial charge on any atom is -0.483 e. The molecule has 2 rings (SSSR count). The van der Waals surface area contributed by atoms with Gasteiger partial charge in [-0.2, -0.15) is 0 Å². The number of aryl methyl sites for hydroxylation is 2. The molecule has 1 heterocycles. The van der Waals surface area contributed by atoms with Gasteiger partial charge in [-0.15, -0.1) is 10.2 Å². The highest BCUT2D eigenvalue weighted by atomic mass is 16.5. The molecule has 1 aromatic carbocycles. The number of nitrogens with zero attached hydrogens (tertiary/aromatic N) is 2. The van der Waals surface area contributed by atoms with Gasteiger partial charge in [-0.05, 0) is 33.8 Å². The van der Waals surface area contributed by atoms with Crippen molar-refractivity contribution in [1.82, 2.24) is 15.5 Å². The van der Waals surface area contributed by atoms with Gasteiger partial charge in [0.1, 0.15) is 5.75 Å². The maximum atomic E-state index is 5.82. The Morgan fingerprint density at radius 3 is 2.57 bits per heavy atom. The summed E-state index contributed by atoms with van der Waals surface area (Å²) in [4.78, 5) is 0. The van der Waals surface area contributed by atoms with E-state index < -0.39 is 0 Å². The van der Waals surface area contributed by atoms with E-state index in [2.05, 4.69) is 49.3 Å². The van der Waals surface area contributed by atoms with Crippen molar-refractivity contribution < 1.29 is 9.15 Å². The van der Waals surface area contributed by atoms with E-state index in [1.54, 1.807) is 6.92 Å². The fraction of sp³-hybridized carbons (Fsp3) is 0.500. The SMILES string of the molecule is Cc1ccc(OCc2nnc(C)o2)c(CNC(C)(C)C)c1. The molecule has 5 nitrogen and oxygen atoms in total. The summed E-state index contributed by atoms with van der Waals surface area (Å²) >= 11 is 0. The summed E-state index contributed by atoms with van der Waals surface area (Å²) in [6.07, 6.45) is 0. The van der Waals surface area contributed by atoms with Crippen LogP contribution in [-0.4, -0.2) is 15.7 Å². The average Bonchev–Trinajstić information content (AvgIpc) is 2.80. The van der Waals surface area contributed by atoms with Gasteiger partial charge in [-0.1, -0.05) is 17.7 Å². The second-order valence-corrected chi connectivity index (χ2v) is 6.22. The summed E-state index contributed by atoms with van der Waals surface area (Å²) in [6.45, 7) is 11.3. The van der Waals surface area contributed by atoms with Crippen molar-refractivity contribution in [2.75, 3.05) is 0 Å². The van der Waals surface area contributed by atoms with Crippen molar-refractivity contribution in [3.8, 4) is 5.75 Å². The van der Waals surface area contributed by atoms with Crippen LogP contribution in [0.2, 0.25) is 0 Å². The van der Waals surface area contributed by atoms with E-state index in [1.165, 1.54) is 5.56 Å². The zero-order valence-electron chi connectivity index (χ0n) is 13.4. The Hall–Kier alpha value is -1.88. The summed E-state index contributed by atoms with van der Waals surface area (Å²) in [5.41, 5.74) is 2.40. The molecule has 1 N–H and O–H groups in total.